The summed E-state index contributed by atoms with van der Waals surface area (Å²) in [6, 6.07) is -0.569. The van der Waals surface area contributed by atoms with Gasteiger partial charge < -0.3 is 4.65 Å². The maximum absolute atomic E-state index is 11.7. The first-order valence-electron chi connectivity index (χ1n) is 3.55. The van der Waals surface area contributed by atoms with Gasteiger partial charge in [0.1, 0.15) is 0 Å². The summed E-state index contributed by atoms with van der Waals surface area (Å²) in [7, 11) is -3.78. The third kappa shape index (κ3) is 7.93. The number of halogens is 3. The Morgan fingerprint density at radius 1 is 1.36 bits per heavy atom. The van der Waals surface area contributed by atoms with Crippen molar-refractivity contribution in [1.82, 2.24) is 0 Å². The van der Waals surface area contributed by atoms with Crippen LogP contribution in [0.2, 0.25) is 19.2 Å². The average Bonchev–Trinajstić information content (AvgIpc) is 1.85. The molecule has 0 aliphatic heterocycles. The summed E-state index contributed by atoms with van der Waals surface area (Å²) in [5.74, 6) is 0. The number of hydrogen-bond acceptors (Lipinski definition) is 1. The second-order valence-corrected chi connectivity index (χ2v) is 4.28. The van der Waals surface area contributed by atoms with Crippen molar-refractivity contribution in [2.45, 2.75) is 25.6 Å². The van der Waals surface area contributed by atoms with Crippen LogP contribution >= 0.6 is 0 Å². The molecule has 0 unspecified atom stereocenters. The lowest BCUT2D eigenvalue weighted by Gasteiger charge is -2.05. The minimum Gasteiger partial charge on any atom is -0.439 e. The van der Waals surface area contributed by atoms with E-state index in [9.17, 15) is 12.3 Å². The Balaban J connectivity index is 3.28. The largest absolute Gasteiger partial charge is 0.616 e. The van der Waals surface area contributed by atoms with E-state index in [2.05, 4.69) is 0 Å². The summed E-state index contributed by atoms with van der Waals surface area (Å²) in [6.45, 7) is 1.73. The van der Waals surface area contributed by atoms with E-state index in [1.807, 2.05) is 0 Å². The molecule has 0 rings (SSSR count). The van der Waals surface area contributed by atoms with Gasteiger partial charge in [0.2, 0.25) is 0 Å². The molecule has 0 aliphatic carbocycles. The van der Waals surface area contributed by atoms with Crippen molar-refractivity contribution in [3.8, 4) is 0 Å². The van der Waals surface area contributed by atoms with E-state index in [1.54, 1.807) is 6.82 Å². The van der Waals surface area contributed by atoms with Gasteiger partial charge in [-0.05, 0) is 6.32 Å². The first-order chi connectivity index (χ1) is 4.95. The fraction of sp³-hybridized carbons (Fsp3) is 1.00. The Morgan fingerprint density at radius 3 is 2.27 bits per heavy atom. The molecule has 0 spiro atoms. The van der Waals surface area contributed by atoms with Crippen LogP contribution in [0.15, 0.2) is 0 Å². The Labute approximate surface area is 66.6 Å². The fourth-order valence-electron chi connectivity index (χ4n) is 0.708. The van der Waals surface area contributed by atoms with Crippen LogP contribution in [0.4, 0.5) is 12.3 Å². The number of rotatable bonds is 5. The third-order valence-corrected chi connectivity index (χ3v) is 2.39. The Hall–Kier alpha value is 0.0318. The summed E-state index contributed by atoms with van der Waals surface area (Å²) in [5, 5.41) is 0. The molecule has 0 saturated heterocycles. The van der Waals surface area contributed by atoms with Crippen molar-refractivity contribution in [2.75, 3.05) is 7.11 Å². The molecule has 0 atom stereocenters. The van der Waals surface area contributed by atoms with Crippen LogP contribution in [-0.2, 0) is 4.65 Å². The topological polar surface area (TPSA) is 9.23 Å². The zero-order valence-electron chi connectivity index (χ0n) is 6.74. The van der Waals surface area contributed by atoms with Crippen molar-refractivity contribution in [3.63, 3.8) is 0 Å². The van der Waals surface area contributed by atoms with Crippen molar-refractivity contribution in [1.29, 1.82) is 0 Å². The van der Waals surface area contributed by atoms with Crippen molar-refractivity contribution in [2.24, 2.45) is 0 Å². The predicted molar refractivity (Wildman–Crippen MR) is 41.9 cm³/mol. The van der Waals surface area contributed by atoms with Crippen molar-refractivity contribution < 1.29 is 17.0 Å². The number of hydrogen-bond donors (Lipinski definition) is 0. The minimum absolute atomic E-state index is 0.0497. The standard InChI is InChI=1S/C5H12BF3OSi/c1-6(10-2)4-3-5-11(7,8)9/h3-5H2,1-2H3. The molecular weight excluding hydrogens is 172 g/mol. The van der Waals surface area contributed by atoms with Crippen LogP contribution < -0.4 is 0 Å². The van der Waals surface area contributed by atoms with Gasteiger partial charge in [-0.25, -0.2) is 12.3 Å². The average molecular weight is 184 g/mol. The van der Waals surface area contributed by atoms with E-state index in [4.69, 9.17) is 4.65 Å². The summed E-state index contributed by atoms with van der Waals surface area (Å²) >= 11 is 0. The summed E-state index contributed by atoms with van der Waals surface area (Å²) in [4.78, 5) is 0. The van der Waals surface area contributed by atoms with E-state index in [0.29, 0.717) is 6.32 Å². The molecule has 0 heterocycles. The second kappa shape index (κ2) is 4.82. The van der Waals surface area contributed by atoms with Gasteiger partial charge in [0.05, 0.1) is 0 Å². The zero-order valence-corrected chi connectivity index (χ0v) is 7.74. The van der Waals surface area contributed by atoms with Crippen LogP contribution in [0.3, 0.4) is 0 Å². The predicted octanol–water partition coefficient (Wildman–Crippen LogP) is 2.49. The summed E-state index contributed by atoms with van der Waals surface area (Å²) in [5.41, 5.74) is 0. The first-order valence-corrected chi connectivity index (χ1v) is 5.39. The van der Waals surface area contributed by atoms with Gasteiger partial charge in [0.25, 0.3) is 6.92 Å². The molecule has 11 heavy (non-hydrogen) atoms. The second-order valence-electron chi connectivity index (χ2n) is 2.55. The van der Waals surface area contributed by atoms with Crippen LogP contribution in [0.1, 0.15) is 6.42 Å². The summed E-state index contributed by atoms with van der Waals surface area (Å²) < 4.78 is 39.9. The maximum Gasteiger partial charge on any atom is 0.616 e. The smallest absolute Gasteiger partial charge is 0.439 e. The third-order valence-electron chi connectivity index (χ3n) is 1.47. The highest BCUT2D eigenvalue weighted by molar-refractivity contribution is 6.58. The molecule has 0 aromatic heterocycles. The maximum atomic E-state index is 11.7. The molecular formula is C5H12BF3OSi. The molecule has 0 aliphatic rings. The lowest BCUT2D eigenvalue weighted by Crippen LogP contribution is -2.16. The fourth-order valence-corrected chi connectivity index (χ4v) is 1.31. The Morgan fingerprint density at radius 2 is 1.91 bits per heavy atom. The van der Waals surface area contributed by atoms with Crippen LogP contribution in [-0.4, -0.2) is 23.1 Å². The van der Waals surface area contributed by atoms with E-state index < -0.39 is 15.1 Å². The monoisotopic (exact) mass is 184 g/mol. The van der Waals surface area contributed by atoms with Gasteiger partial charge in [0.15, 0.2) is 0 Å². The first kappa shape index (κ1) is 11.0. The molecule has 0 radical (unpaired) electrons. The highest BCUT2D eigenvalue weighted by atomic mass is 28.5. The molecule has 0 aromatic carbocycles. The molecule has 0 N–H and O–H groups in total. The molecule has 0 bridgehead atoms. The molecule has 6 heteroatoms. The Kier molecular flexibility index (Phi) is 4.83. The molecule has 0 amide bonds. The van der Waals surface area contributed by atoms with Crippen LogP contribution in [0, 0.1) is 0 Å². The van der Waals surface area contributed by atoms with E-state index in [0.717, 1.165) is 0 Å². The van der Waals surface area contributed by atoms with Crippen molar-refractivity contribution >= 4 is 16.0 Å². The van der Waals surface area contributed by atoms with Gasteiger partial charge in [-0.3, -0.25) is 0 Å². The quantitative estimate of drug-likeness (QED) is 0.471. The van der Waals surface area contributed by atoms with Gasteiger partial charge in [0, 0.05) is 13.2 Å². The van der Waals surface area contributed by atoms with Gasteiger partial charge in [-0.15, -0.1) is 0 Å². The minimum atomic E-state index is -5.29. The van der Waals surface area contributed by atoms with E-state index in [1.165, 1.54) is 7.11 Å². The van der Waals surface area contributed by atoms with Gasteiger partial charge >= 0.3 is 9.08 Å². The van der Waals surface area contributed by atoms with Gasteiger partial charge in [-0.1, -0.05) is 13.2 Å². The van der Waals surface area contributed by atoms with Crippen molar-refractivity contribution in [3.05, 3.63) is 0 Å². The normalized spacial score (nSPS) is 11.7. The Bertz CT molecular complexity index is 108. The molecule has 0 aromatic rings. The van der Waals surface area contributed by atoms with Crippen LogP contribution in [0.25, 0.3) is 0 Å². The lowest BCUT2D eigenvalue weighted by atomic mass is 9.67. The molecule has 1 nitrogen and oxygen atoms in total. The molecule has 66 valence electrons. The lowest BCUT2D eigenvalue weighted by molar-refractivity contribution is 0.420. The molecule has 0 fully saturated rings. The van der Waals surface area contributed by atoms with E-state index >= 15 is 0 Å². The highest BCUT2D eigenvalue weighted by Gasteiger charge is 2.35. The SMILES string of the molecule is COB(C)CCC[Si](F)(F)F. The van der Waals surface area contributed by atoms with Crippen LogP contribution in [0.5, 0.6) is 0 Å². The van der Waals surface area contributed by atoms with E-state index in [-0.39, 0.29) is 13.3 Å². The zero-order chi connectivity index (χ0) is 8.91. The van der Waals surface area contributed by atoms with Gasteiger partial charge in [-0.2, -0.15) is 0 Å². The highest BCUT2D eigenvalue weighted by Crippen LogP contribution is 2.18. The summed E-state index contributed by atoms with van der Waals surface area (Å²) in [6.07, 6.45) is 0.716. The molecule has 0 saturated carbocycles.